The molecule has 1 aromatic carbocycles. The molecule has 0 aromatic heterocycles. The molecule has 0 aliphatic carbocycles. The highest BCUT2D eigenvalue weighted by Crippen LogP contribution is 2.17. The number of amides is 1. The number of rotatable bonds is 4. The molecular weight excluding hydrogens is 254 g/mol. The van der Waals surface area contributed by atoms with E-state index < -0.39 is 6.10 Å². The first-order chi connectivity index (χ1) is 9.60. The van der Waals surface area contributed by atoms with E-state index in [1.807, 2.05) is 56.0 Å². The number of hydrogen-bond donors (Lipinski definition) is 0. The van der Waals surface area contributed by atoms with Crippen molar-refractivity contribution in [2.45, 2.75) is 45.5 Å². The van der Waals surface area contributed by atoms with Gasteiger partial charge in [-0.2, -0.15) is 0 Å². The first-order valence-corrected chi connectivity index (χ1v) is 7.26. The quantitative estimate of drug-likeness (QED) is 0.848. The van der Waals surface area contributed by atoms with Crippen LogP contribution in [0.3, 0.4) is 0 Å². The van der Waals surface area contributed by atoms with Gasteiger partial charge in [-0.1, -0.05) is 25.1 Å². The number of carbonyl (C=O) groups is 1. The molecule has 3 atom stereocenters. The van der Waals surface area contributed by atoms with E-state index in [1.165, 1.54) is 0 Å². The molecule has 2 rings (SSSR count). The maximum absolute atomic E-state index is 12.6. The fourth-order valence-corrected chi connectivity index (χ4v) is 2.53. The summed E-state index contributed by atoms with van der Waals surface area (Å²) in [5.41, 5.74) is 0. The molecule has 0 spiro atoms. The van der Waals surface area contributed by atoms with Gasteiger partial charge in [0, 0.05) is 13.1 Å². The van der Waals surface area contributed by atoms with Gasteiger partial charge in [0.2, 0.25) is 0 Å². The number of nitrogens with zero attached hydrogens (tertiary/aromatic N) is 1. The summed E-state index contributed by atoms with van der Waals surface area (Å²) < 4.78 is 11.5. The molecule has 1 saturated heterocycles. The van der Waals surface area contributed by atoms with Crippen LogP contribution < -0.4 is 4.74 Å². The zero-order valence-electron chi connectivity index (χ0n) is 12.4. The third-order valence-electron chi connectivity index (χ3n) is 3.40. The van der Waals surface area contributed by atoms with Gasteiger partial charge in [-0.15, -0.1) is 0 Å². The zero-order chi connectivity index (χ0) is 14.5. The van der Waals surface area contributed by atoms with Crippen LogP contribution in [-0.2, 0) is 9.53 Å². The third-order valence-corrected chi connectivity index (χ3v) is 3.40. The van der Waals surface area contributed by atoms with Gasteiger partial charge in [0.1, 0.15) is 5.75 Å². The third kappa shape index (κ3) is 3.73. The van der Waals surface area contributed by atoms with E-state index in [4.69, 9.17) is 9.47 Å². The molecule has 0 N–H and O–H groups in total. The molecule has 0 unspecified atom stereocenters. The van der Waals surface area contributed by atoms with Crippen molar-refractivity contribution >= 4 is 5.91 Å². The molecule has 4 nitrogen and oxygen atoms in total. The average molecular weight is 277 g/mol. The number of benzene rings is 1. The zero-order valence-corrected chi connectivity index (χ0v) is 12.4. The molecule has 1 aliphatic rings. The Morgan fingerprint density at radius 3 is 2.45 bits per heavy atom. The van der Waals surface area contributed by atoms with Crippen molar-refractivity contribution in [2.24, 2.45) is 0 Å². The normalized spacial score (nSPS) is 24.2. The lowest BCUT2D eigenvalue weighted by Crippen LogP contribution is -2.52. The van der Waals surface area contributed by atoms with Crippen LogP contribution in [-0.4, -0.2) is 42.2 Å². The molecule has 4 heteroatoms. The fraction of sp³-hybridized carbons (Fsp3) is 0.562. The predicted octanol–water partition coefficient (Wildman–Crippen LogP) is 2.48. The topological polar surface area (TPSA) is 38.8 Å². The van der Waals surface area contributed by atoms with Gasteiger partial charge in [0.15, 0.2) is 6.10 Å². The molecule has 0 radical (unpaired) electrons. The average Bonchev–Trinajstić information content (AvgIpc) is 2.44. The molecule has 1 aliphatic heterocycles. The van der Waals surface area contributed by atoms with Crippen molar-refractivity contribution in [3.63, 3.8) is 0 Å². The highest BCUT2D eigenvalue weighted by Gasteiger charge is 2.30. The van der Waals surface area contributed by atoms with E-state index in [0.717, 1.165) is 5.75 Å². The van der Waals surface area contributed by atoms with Crippen molar-refractivity contribution in [2.75, 3.05) is 13.1 Å². The Kier molecular flexibility index (Phi) is 5.01. The van der Waals surface area contributed by atoms with E-state index in [9.17, 15) is 4.79 Å². The van der Waals surface area contributed by atoms with Crippen LogP contribution in [0.1, 0.15) is 27.2 Å². The van der Waals surface area contributed by atoms with E-state index in [2.05, 4.69) is 0 Å². The smallest absolute Gasteiger partial charge is 0.263 e. The molecule has 1 amide bonds. The monoisotopic (exact) mass is 277 g/mol. The van der Waals surface area contributed by atoms with Gasteiger partial charge in [-0.25, -0.2) is 0 Å². The van der Waals surface area contributed by atoms with Crippen molar-refractivity contribution in [3.8, 4) is 5.75 Å². The second kappa shape index (κ2) is 6.75. The van der Waals surface area contributed by atoms with Gasteiger partial charge in [0.05, 0.1) is 12.2 Å². The number of para-hydroxylation sites is 1. The summed E-state index contributed by atoms with van der Waals surface area (Å²) in [4.78, 5) is 14.4. The van der Waals surface area contributed by atoms with E-state index in [0.29, 0.717) is 19.5 Å². The van der Waals surface area contributed by atoms with Crippen molar-refractivity contribution in [1.29, 1.82) is 0 Å². The minimum Gasteiger partial charge on any atom is -0.481 e. The van der Waals surface area contributed by atoms with Crippen molar-refractivity contribution < 1.29 is 14.3 Å². The maximum atomic E-state index is 12.6. The van der Waals surface area contributed by atoms with E-state index >= 15 is 0 Å². The molecule has 20 heavy (non-hydrogen) atoms. The lowest BCUT2D eigenvalue weighted by atomic mass is 10.1. The minimum atomic E-state index is -0.421. The number of carbonyl (C=O) groups excluding carboxylic acids is 1. The van der Waals surface area contributed by atoms with Crippen molar-refractivity contribution in [1.82, 2.24) is 4.90 Å². The van der Waals surface area contributed by atoms with Crippen molar-refractivity contribution in [3.05, 3.63) is 30.3 Å². The largest absolute Gasteiger partial charge is 0.481 e. The molecule has 0 bridgehead atoms. The Balaban J connectivity index is 2.01. The molecular formula is C16H23NO3. The molecule has 1 aromatic rings. The Morgan fingerprint density at radius 1 is 1.30 bits per heavy atom. The maximum Gasteiger partial charge on any atom is 0.263 e. The minimum absolute atomic E-state index is 0.0540. The van der Waals surface area contributed by atoms with Crippen LogP contribution in [0.15, 0.2) is 30.3 Å². The number of morpholine rings is 1. The van der Waals surface area contributed by atoms with Gasteiger partial charge >= 0.3 is 0 Å². The van der Waals surface area contributed by atoms with Crippen LogP contribution in [0.5, 0.6) is 5.75 Å². The standard InChI is InChI=1S/C16H23NO3/c1-4-15(20-14-8-6-5-7-9-14)16(18)17-10-12(2)19-13(3)11-17/h5-9,12-13,15H,4,10-11H2,1-3H3/t12-,13-,15-/m0/s1. The van der Waals surface area contributed by atoms with Crippen LogP contribution in [0.2, 0.25) is 0 Å². The summed E-state index contributed by atoms with van der Waals surface area (Å²) in [5, 5.41) is 0. The summed E-state index contributed by atoms with van der Waals surface area (Å²) in [6.07, 6.45) is 0.400. The SMILES string of the molecule is CC[C@H](Oc1ccccc1)C(=O)N1C[C@H](C)O[C@@H](C)C1. The summed E-state index contributed by atoms with van der Waals surface area (Å²) >= 11 is 0. The number of hydrogen-bond acceptors (Lipinski definition) is 3. The van der Waals surface area contributed by atoms with Crippen LogP contribution in [0, 0.1) is 0 Å². The first-order valence-electron chi connectivity index (χ1n) is 7.26. The highest BCUT2D eigenvalue weighted by atomic mass is 16.5. The summed E-state index contributed by atoms with van der Waals surface area (Å²) in [6, 6.07) is 9.50. The lowest BCUT2D eigenvalue weighted by Gasteiger charge is -2.36. The van der Waals surface area contributed by atoms with Gasteiger partial charge in [-0.05, 0) is 32.4 Å². The Bertz CT molecular complexity index is 425. The molecule has 1 heterocycles. The molecule has 0 saturated carbocycles. The molecule has 110 valence electrons. The van der Waals surface area contributed by atoms with Gasteiger partial charge < -0.3 is 14.4 Å². The highest BCUT2D eigenvalue weighted by molar-refractivity contribution is 5.81. The predicted molar refractivity (Wildman–Crippen MR) is 77.7 cm³/mol. The second-order valence-electron chi connectivity index (χ2n) is 5.33. The lowest BCUT2D eigenvalue weighted by molar-refractivity contribution is -0.150. The van der Waals surface area contributed by atoms with Crippen LogP contribution in [0.25, 0.3) is 0 Å². The van der Waals surface area contributed by atoms with E-state index in [1.54, 1.807) is 0 Å². The van der Waals surface area contributed by atoms with Gasteiger partial charge in [0.25, 0.3) is 5.91 Å². The summed E-state index contributed by atoms with van der Waals surface area (Å²) in [7, 11) is 0. The van der Waals surface area contributed by atoms with E-state index in [-0.39, 0.29) is 18.1 Å². The molecule has 1 fully saturated rings. The Hall–Kier alpha value is -1.55. The fourth-order valence-electron chi connectivity index (χ4n) is 2.53. The Labute approximate surface area is 120 Å². The first kappa shape index (κ1) is 14.9. The van der Waals surface area contributed by atoms with Crippen LogP contribution in [0.4, 0.5) is 0 Å². The Morgan fingerprint density at radius 2 is 1.90 bits per heavy atom. The number of ether oxygens (including phenoxy) is 2. The second-order valence-corrected chi connectivity index (χ2v) is 5.33. The van der Waals surface area contributed by atoms with Crippen LogP contribution >= 0.6 is 0 Å². The van der Waals surface area contributed by atoms with Gasteiger partial charge in [-0.3, -0.25) is 4.79 Å². The summed E-state index contributed by atoms with van der Waals surface area (Å²) in [6.45, 7) is 7.23. The summed E-state index contributed by atoms with van der Waals surface area (Å²) in [5.74, 6) is 0.792.